The molecule has 0 radical (unpaired) electrons. The third-order valence-corrected chi connectivity index (χ3v) is 4.07. The molecule has 0 unspecified atom stereocenters. The third-order valence-electron chi connectivity index (χ3n) is 4.07. The molecule has 1 aromatic carbocycles. The fourth-order valence-electron chi connectivity index (χ4n) is 2.84. The topological polar surface area (TPSA) is 41.1 Å². The van der Waals surface area contributed by atoms with Crippen LogP contribution in [0.5, 0.6) is 0 Å². The minimum absolute atomic E-state index is 0.0810. The van der Waals surface area contributed by atoms with Crippen LogP contribution in [-0.2, 0) is 11.3 Å². The van der Waals surface area contributed by atoms with Crippen LogP contribution in [0.3, 0.4) is 0 Å². The Morgan fingerprint density at radius 1 is 1.10 bits per heavy atom. The van der Waals surface area contributed by atoms with Crippen LogP contribution in [0.25, 0.3) is 0 Å². The van der Waals surface area contributed by atoms with E-state index in [4.69, 9.17) is 0 Å². The average Bonchev–Trinajstić information content (AvgIpc) is 2.52. The van der Waals surface area contributed by atoms with Gasteiger partial charge in [-0.25, -0.2) is 0 Å². The number of amides is 1. The Bertz CT molecular complexity index is 385. The lowest BCUT2D eigenvalue weighted by molar-refractivity contribution is -0.120. The molecule has 110 valence electrons. The standard InChI is InChI=1S/C17H26N2O/c20-17(19-13-16-9-5-2-6-10-16)14-18-12-11-15-7-3-1-4-8-15/h2,5-6,9-10,15,18H,1,3-4,7-8,11-14H2,(H,19,20). The van der Waals surface area contributed by atoms with Gasteiger partial charge in [0.1, 0.15) is 0 Å². The highest BCUT2D eigenvalue weighted by molar-refractivity contribution is 5.77. The number of rotatable bonds is 7. The molecule has 0 spiro atoms. The van der Waals surface area contributed by atoms with E-state index in [0.29, 0.717) is 13.1 Å². The van der Waals surface area contributed by atoms with E-state index in [2.05, 4.69) is 10.6 Å². The van der Waals surface area contributed by atoms with E-state index >= 15 is 0 Å². The molecule has 1 aliphatic carbocycles. The van der Waals surface area contributed by atoms with E-state index in [9.17, 15) is 4.79 Å². The summed E-state index contributed by atoms with van der Waals surface area (Å²) in [6.07, 6.45) is 8.16. The van der Waals surface area contributed by atoms with E-state index in [0.717, 1.165) is 18.0 Å². The fourth-order valence-corrected chi connectivity index (χ4v) is 2.84. The quantitative estimate of drug-likeness (QED) is 0.751. The molecule has 1 saturated carbocycles. The van der Waals surface area contributed by atoms with Gasteiger partial charge in [0.2, 0.25) is 5.91 Å². The lowest BCUT2D eigenvalue weighted by Gasteiger charge is -2.21. The maximum Gasteiger partial charge on any atom is 0.234 e. The summed E-state index contributed by atoms with van der Waals surface area (Å²) in [7, 11) is 0. The van der Waals surface area contributed by atoms with Gasteiger partial charge >= 0.3 is 0 Å². The normalized spacial score (nSPS) is 16.0. The van der Waals surface area contributed by atoms with E-state index < -0.39 is 0 Å². The highest BCUT2D eigenvalue weighted by atomic mass is 16.1. The van der Waals surface area contributed by atoms with Gasteiger partial charge in [0.15, 0.2) is 0 Å². The summed E-state index contributed by atoms with van der Waals surface area (Å²) >= 11 is 0. The van der Waals surface area contributed by atoms with Gasteiger partial charge < -0.3 is 10.6 Å². The zero-order valence-electron chi connectivity index (χ0n) is 12.2. The molecule has 1 aromatic rings. The SMILES string of the molecule is O=C(CNCCC1CCCCC1)NCc1ccccc1. The molecule has 0 aromatic heterocycles. The molecule has 3 heteroatoms. The predicted octanol–water partition coefficient (Wildman–Crippen LogP) is 2.86. The summed E-state index contributed by atoms with van der Waals surface area (Å²) in [4.78, 5) is 11.7. The Morgan fingerprint density at radius 3 is 2.60 bits per heavy atom. The highest BCUT2D eigenvalue weighted by Crippen LogP contribution is 2.25. The monoisotopic (exact) mass is 274 g/mol. The van der Waals surface area contributed by atoms with E-state index in [1.54, 1.807) is 0 Å². The highest BCUT2D eigenvalue weighted by Gasteiger charge is 2.12. The molecule has 2 rings (SSSR count). The number of hydrogen-bond donors (Lipinski definition) is 2. The lowest BCUT2D eigenvalue weighted by atomic mass is 9.87. The van der Waals surface area contributed by atoms with Crippen molar-refractivity contribution in [2.75, 3.05) is 13.1 Å². The zero-order valence-corrected chi connectivity index (χ0v) is 12.2. The van der Waals surface area contributed by atoms with Crippen LogP contribution in [0.1, 0.15) is 44.1 Å². The van der Waals surface area contributed by atoms with Crippen molar-refractivity contribution in [3.05, 3.63) is 35.9 Å². The molecule has 1 fully saturated rings. The summed E-state index contributed by atoms with van der Waals surface area (Å²) in [5.41, 5.74) is 1.14. The number of carbonyl (C=O) groups excluding carboxylic acids is 1. The van der Waals surface area contributed by atoms with Crippen LogP contribution in [-0.4, -0.2) is 19.0 Å². The van der Waals surface area contributed by atoms with Gasteiger partial charge in [-0.1, -0.05) is 62.4 Å². The summed E-state index contributed by atoms with van der Waals surface area (Å²) in [5.74, 6) is 0.959. The minimum atomic E-state index is 0.0810. The number of carbonyl (C=O) groups is 1. The van der Waals surface area contributed by atoms with E-state index in [1.165, 1.54) is 38.5 Å². The lowest BCUT2D eigenvalue weighted by Crippen LogP contribution is -2.34. The van der Waals surface area contributed by atoms with Gasteiger partial charge in [0.25, 0.3) is 0 Å². The first-order chi connectivity index (χ1) is 9.84. The van der Waals surface area contributed by atoms with Crippen LogP contribution in [0, 0.1) is 5.92 Å². The first-order valence-electron chi connectivity index (χ1n) is 7.86. The van der Waals surface area contributed by atoms with Crippen molar-refractivity contribution < 1.29 is 4.79 Å². The van der Waals surface area contributed by atoms with Crippen molar-refractivity contribution in [1.29, 1.82) is 0 Å². The molecule has 3 nitrogen and oxygen atoms in total. The second kappa shape index (κ2) is 8.75. The number of hydrogen-bond acceptors (Lipinski definition) is 2. The summed E-state index contributed by atoms with van der Waals surface area (Å²) in [5, 5.41) is 6.19. The smallest absolute Gasteiger partial charge is 0.234 e. The summed E-state index contributed by atoms with van der Waals surface area (Å²) < 4.78 is 0. The minimum Gasteiger partial charge on any atom is -0.351 e. The van der Waals surface area contributed by atoms with Gasteiger partial charge in [-0.2, -0.15) is 0 Å². The molecular formula is C17H26N2O. The van der Waals surface area contributed by atoms with Gasteiger partial charge in [0, 0.05) is 6.54 Å². The van der Waals surface area contributed by atoms with E-state index in [1.807, 2.05) is 30.3 Å². The van der Waals surface area contributed by atoms with Crippen LogP contribution < -0.4 is 10.6 Å². The molecule has 1 amide bonds. The Balaban J connectivity index is 1.51. The predicted molar refractivity (Wildman–Crippen MR) is 82.4 cm³/mol. The maximum atomic E-state index is 11.7. The Hall–Kier alpha value is -1.35. The van der Waals surface area contributed by atoms with Crippen LogP contribution in [0.15, 0.2) is 30.3 Å². The molecule has 0 aliphatic heterocycles. The third kappa shape index (κ3) is 5.74. The molecule has 0 bridgehead atoms. The van der Waals surface area contributed by atoms with E-state index in [-0.39, 0.29) is 5.91 Å². The van der Waals surface area contributed by atoms with Crippen LogP contribution >= 0.6 is 0 Å². The van der Waals surface area contributed by atoms with Crippen molar-refractivity contribution in [2.24, 2.45) is 5.92 Å². The number of nitrogens with one attached hydrogen (secondary N) is 2. The molecule has 0 atom stereocenters. The van der Waals surface area contributed by atoms with Crippen molar-refractivity contribution in [2.45, 2.75) is 45.1 Å². The average molecular weight is 274 g/mol. The first-order valence-corrected chi connectivity index (χ1v) is 7.86. The van der Waals surface area contributed by atoms with Crippen molar-refractivity contribution in [3.8, 4) is 0 Å². The Kier molecular flexibility index (Phi) is 6.58. The fraction of sp³-hybridized carbons (Fsp3) is 0.588. The molecule has 0 heterocycles. The van der Waals surface area contributed by atoms with Gasteiger partial charge in [0.05, 0.1) is 6.54 Å². The summed E-state index contributed by atoms with van der Waals surface area (Å²) in [6.45, 7) is 2.01. The van der Waals surface area contributed by atoms with Crippen molar-refractivity contribution in [3.63, 3.8) is 0 Å². The first kappa shape index (κ1) is 15.0. The molecular weight excluding hydrogens is 248 g/mol. The Morgan fingerprint density at radius 2 is 1.85 bits per heavy atom. The zero-order chi connectivity index (χ0) is 14.0. The Labute approximate surface area is 122 Å². The van der Waals surface area contributed by atoms with Gasteiger partial charge in [-0.05, 0) is 24.4 Å². The van der Waals surface area contributed by atoms with Crippen LogP contribution in [0.2, 0.25) is 0 Å². The van der Waals surface area contributed by atoms with Gasteiger partial charge in [-0.15, -0.1) is 0 Å². The van der Waals surface area contributed by atoms with Gasteiger partial charge in [-0.3, -0.25) is 4.79 Å². The van der Waals surface area contributed by atoms with Crippen molar-refractivity contribution >= 4 is 5.91 Å². The molecule has 1 aliphatic rings. The van der Waals surface area contributed by atoms with Crippen LogP contribution in [0.4, 0.5) is 0 Å². The van der Waals surface area contributed by atoms with Crippen molar-refractivity contribution in [1.82, 2.24) is 10.6 Å². The number of benzene rings is 1. The largest absolute Gasteiger partial charge is 0.351 e. The molecule has 20 heavy (non-hydrogen) atoms. The summed E-state index contributed by atoms with van der Waals surface area (Å²) in [6, 6.07) is 10.0. The molecule has 2 N–H and O–H groups in total. The second-order valence-electron chi connectivity index (χ2n) is 5.73. The molecule has 0 saturated heterocycles. The second-order valence-corrected chi connectivity index (χ2v) is 5.73. The maximum absolute atomic E-state index is 11.7.